The van der Waals surface area contributed by atoms with E-state index >= 15 is 0 Å². The standard InChI is InChI=1S/C30H52O/c1-25(2)17-18-27(5)13-9-21-29(7)14-10-20-26(3,4)24(31)12-16-28(20,6)22(29)11-15-30(21,8)23(27)19-25/h20-24,31H,9-19H2,1-8H3/t20-,21-,22+,23+,24?,27-,28-,29-,30+/m0/s1. The first-order valence-corrected chi connectivity index (χ1v) is 13.9. The molecular formula is C30H52O. The Morgan fingerprint density at radius 1 is 0.516 bits per heavy atom. The molecule has 0 aliphatic heterocycles. The monoisotopic (exact) mass is 428 g/mol. The average molecular weight is 429 g/mol. The van der Waals surface area contributed by atoms with E-state index in [1.807, 2.05) is 0 Å². The van der Waals surface area contributed by atoms with Crippen molar-refractivity contribution in [3.63, 3.8) is 0 Å². The minimum atomic E-state index is -0.108. The van der Waals surface area contributed by atoms with Crippen LogP contribution in [0.15, 0.2) is 0 Å². The van der Waals surface area contributed by atoms with Gasteiger partial charge in [-0.2, -0.15) is 0 Å². The van der Waals surface area contributed by atoms with Gasteiger partial charge in [0.1, 0.15) is 0 Å². The maximum atomic E-state index is 10.9. The highest BCUT2D eigenvalue weighted by atomic mass is 16.3. The zero-order valence-electron chi connectivity index (χ0n) is 22.1. The molecule has 0 radical (unpaired) electrons. The smallest absolute Gasteiger partial charge is 0.0594 e. The third-order valence-electron chi connectivity index (χ3n) is 13.4. The number of rotatable bonds is 0. The molecule has 1 heteroatoms. The first-order valence-electron chi connectivity index (χ1n) is 13.9. The second-order valence-corrected chi connectivity index (χ2v) is 15.7. The predicted octanol–water partition coefficient (Wildman–Crippen LogP) is 8.25. The van der Waals surface area contributed by atoms with E-state index in [4.69, 9.17) is 0 Å². The Hall–Kier alpha value is -0.0400. The van der Waals surface area contributed by atoms with Gasteiger partial charge < -0.3 is 5.11 Å². The van der Waals surface area contributed by atoms with E-state index in [0.29, 0.717) is 33.0 Å². The van der Waals surface area contributed by atoms with Crippen LogP contribution in [0.3, 0.4) is 0 Å². The predicted molar refractivity (Wildman–Crippen MR) is 131 cm³/mol. The van der Waals surface area contributed by atoms with Crippen molar-refractivity contribution in [3.05, 3.63) is 0 Å². The summed E-state index contributed by atoms with van der Waals surface area (Å²) in [5.74, 6) is 3.35. The number of hydrogen-bond donors (Lipinski definition) is 1. The van der Waals surface area contributed by atoms with Gasteiger partial charge in [0.2, 0.25) is 0 Å². The molecule has 9 atom stereocenters. The van der Waals surface area contributed by atoms with Gasteiger partial charge in [-0.3, -0.25) is 0 Å². The molecule has 0 bridgehead atoms. The van der Waals surface area contributed by atoms with Crippen molar-refractivity contribution in [2.75, 3.05) is 0 Å². The lowest BCUT2D eigenvalue weighted by molar-refractivity contribution is -0.244. The average Bonchev–Trinajstić information content (AvgIpc) is 2.66. The maximum Gasteiger partial charge on any atom is 0.0594 e. The van der Waals surface area contributed by atoms with Crippen LogP contribution in [0.25, 0.3) is 0 Å². The molecule has 0 spiro atoms. The highest BCUT2D eigenvalue weighted by Crippen LogP contribution is 2.76. The van der Waals surface area contributed by atoms with E-state index < -0.39 is 0 Å². The van der Waals surface area contributed by atoms with E-state index in [9.17, 15) is 5.11 Å². The van der Waals surface area contributed by atoms with Crippen molar-refractivity contribution < 1.29 is 5.11 Å². The Labute approximate surface area is 193 Å². The van der Waals surface area contributed by atoms with Gasteiger partial charge in [0, 0.05) is 0 Å². The van der Waals surface area contributed by atoms with Crippen LogP contribution in [-0.2, 0) is 0 Å². The fraction of sp³-hybridized carbons (Fsp3) is 1.00. The van der Waals surface area contributed by atoms with E-state index in [1.54, 1.807) is 0 Å². The zero-order chi connectivity index (χ0) is 22.7. The molecule has 0 aromatic rings. The molecule has 178 valence electrons. The van der Waals surface area contributed by atoms with Gasteiger partial charge in [0.05, 0.1) is 6.10 Å². The Morgan fingerprint density at radius 3 is 1.65 bits per heavy atom. The Morgan fingerprint density at radius 2 is 1.00 bits per heavy atom. The van der Waals surface area contributed by atoms with E-state index in [-0.39, 0.29) is 11.5 Å². The van der Waals surface area contributed by atoms with Gasteiger partial charge in [-0.25, -0.2) is 0 Å². The molecule has 1 unspecified atom stereocenters. The number of fused-ring (bicyclic) bond motifs is 7. The van der Waals surface area contributed by atoms with E-state index in [0.717, 1.165) is 24.2 Å². The third-order valence-corrected chi connectivity index (χ3v) is 13.4. The first kappa shape index (κ1) is 22.7. The molecule has 0 aromatic heterocycles. The largest absolute Gasteiger partial charge is 0.393 e. The Bertz CT molecular complexity index is 737. The van der Waals surface area contributed by atoms with Crippen molar-refractivity contribution in [1.82, 2.24) is 0 Å². The van der Waals surface area contributed by atoms with Crippen LogP contribution in [0.4, 0.5) is 0 Å². The minimum absolute atomic E-state index is 0.0770. The second-order valence-electron chi connectivity index (χ2n) is 15.7. The van der Waals surface area contributed by atoms with Gasteiger partial charge >= 0.3 is 0 Å². The van der Waals surface area contributed by atoms with Gasteiger partial charge in [-0.15, -0.1) is 0 Å². The van der Waals surface area contributed by atoms with Gasteiger partial charge in [-0.1, -0.05) is 55.4 Å². The Balaban J connectivity index is 1.52. The molecule has 5 aliphatic rings. The van der Waals surface area contributed by atoms with Crippen LogP contribution < -0.4 is 0 Å². The van der Waals surface area contributed by atoms with Gasteiger partial charge in [0.25, 0.3) is 0 Å². The molecule has 0 heterocycles. The normalized spacial score (nSPS) is 57.8. The molecule has 1 N–H and O–H groups in total. The maximum absolute atomic E-state index is 10.9. The summed E-state index contributed by atoms with van der Waals surface area (Å²) < 4.78 is 0. The summed E-state index contributed by atoms with van der Waals surface area (Å²) in [6.45, 7) is 20.7. The summed E-state index contributed by atoms with van der Waals surface area (Å²) in [4.78, 5) is 0. The van der Waals surface area contributed by atoms with Gasteiger partial charge in [-0.05, 0) is 127 Å². The fourth-order valence-electron chi connectivity index (χ4n) is 11.6. The van der Waals surface area contributed by atoms with Crippen LogP contribution in [-0.4, -0.2) is 11.2 Å². The lowest BCUT2D eigenvalue weighted by Crippen LogP contribution is -2.66. The number of aliphatic hydroxyl groups excluding tert-OH is 1. The first-order chi connectivity index (χ1) is 14.2. The van der Waals surface area contributed by atoms with Gasteiger partial charge in [0.15, 0.2) is 0 Å². The minimum Gasteiger partial charge on any atom is -0.393 e. The molecule has 1 nitrogen and oxygen atoms in total. The van der Waals surface area contributed by atoms with Crippen LogP contribution in [0.1, 0.15) is 126 Å². The van der Waals surface area contributed by atoms with Crippen LogP contribution in [0, 0.1) is 56.2 Å². The Kier molecular flexibility index (Phi) is 4.80. The summed E-state index contributed by atoms with van der Waals surface area (Å²) in [5, 5.41) is 10.9. The van der Waals surface area contributed by atoms with Crippen LogP contribution in [0.2, 0.25) is 0 Å². The topological polar surface area (TPSA) is 20.2 Å². The lowest BCUT2D eigenvalue weighted by Gasteiger charge is -2.73. The van der Waals surface area contributed by atoms with Crippen molar-refractivity contribution in [2.45, 2.75) is 132 Å². The molecular weight excluding hydrogens is 376 g/mol. The molecule has 5 saturated carbocycles. The summed E-state index contributed by atoms with van der Waals surface area (Å²) >= 11 is 0. The van der Waals surface area contributed by atoms with E-state index in [2.05, 4.69) is 55.4 Å². The lowest BCUT2D eigenvalue weighted by atomic mass is 9.32. The number of aliphatic hydroxyl groups is 1. The summed E-state index contributed by atoms with van der Waals surface area (Å²) in [6.07, 6.45) is 15.1. The summed E-state index contributed by atoms with van der Waals surface area (Å²) in [7, 11) is 0. The second kappa shape index (κ2) is 6.55. The van der Waals surface area contributed by atoms with Crippen molar-refractivity contribution >= 4 is 0 Å². The highest BCUT2D eigenvalue weighted by molar-refractivity contribution is 5.17. The highest BCUT2D eigenvalue weighted by Gasteiger charge is 2.68. The van der Waals surface area contributed by atoms with Crippen LogP contribution in [0.5, 0.6) is 0 Å². The van der Waals surface area contributed by atoms with Crippen LogP contribution >= 0.6 is 0 Å². The zero-order valence-corrected chi connectivity index (χ0v) is 22.1. The summed E-state index contributed by atoms with van der Waals surface area (Å²) in [5.41, 5.74) is 2.64. The molecule has 0 aromatic carbocycles. The molecule has 5 fully saturated rings. The summed E-state index contributed by atoms with van der Waals surface area (Å²) in [6, 6.07) is 0. The third kappa shape index (κ3) is 2.89. The fourth-order valence-corrected chi connectivity index (χ4v) is 11.6. The van der Waals surface area contributed by atoms with Crippen molar-refractivity contribution in [1.29, 1.82) is 0 Å². The quantitative estimate of drug-likeness (QED) is 0.412. The molecule has 0 amide bonds. The molecule has 0 saturated heterocycles. The molecule has 5 rings (SSSR count). The van der Waals surface area contributed by atoms with Crippen molar-refractivity contribution in [3.8, 4) is 0 Å². The number of hydrogen-bond acceptors (Lipinski definition) is 1. The van der Waals surface area contributed by atoms with Crippen molar-refractivity contribution in [2.24, 2.45) is 56.2 Å². The molecule has 31 heavy (non-hydrogen) atoms. The van der Waals surface area contributed by atoms with E-state index in [1.165, 1.54) is 64.2 Å². The SMILES string of the molecule is CC1(C)CC[C@]2(C)CC[C@H]3[C@]4(C)CC[C@H]5C(C)(C)C(O)CC[C@]5(C)[C@H]4CC[C@@]3(C)[C@@H]2C1. The molecule has 5 aliphatic carbocycles.